The summed E-state index contributed by atoms with van der Waals surface area (Å²) in [5.74, 6) is 2.25. The van der Waals surface area contributed by atoms with E-state index in [2.05, 4.69) is 32.7 Å². The highest BCUT2D eigenvalue weighted by Gasteiger charge is 2.00. The van der Waals surface area contributed by atoms with Crippen LogP contribution in [-0.2, 0) is 6.42 Å². The van der Waals surface area contributed by atoms with Crippen molar-refractivity contribution in [3.8, 4) is 5.75 Å². The molecule has 0 atom stereocenters. The highest BCUT2D eigenvalue weighted by molar-refractivity contribution is 5.56. The number of nitrogens with one attached hydrogen (secondary N) is 2. The third-order valence-electron chi connectivity index (χ3n) is 3.56. The number of rotatable bonds is 7. The number of hydrogen-bond donors (Lipinski definition) is 2. The molecule has 0 spiro atoms. The average molecular weight is 320 g/mol. The van der Waals surface area contributed by atoms with Gasteiger partial charge in [-0.25, -0.2) is 4.98 Å². The summed E-state index contributed by atoms with van der Waals surface area (Å²) in [5.41, 5.74) is 2.24. The largest absolute Gasteiger partial charge is 0.497 e. The Morgan fingerprint density at radius 1 is 0.958 bits per heavy atom. The lowest BCUT2D eigenvalue weighted by Gasteiger charge is -2.08. The van der Waals surface area contributed by atoms with Gasteiger partial charge in [0.15, 0.2) is 0 Å². The number of para-hydroxylation sites is 1. The van der Waals surface area contributed by atoms with Gasteiger partial charge >= 0.3 is 0 Å². The molecule has 0 aliphatic rings. The van der Waals surface area contributed by atoms with E-state index < -0.39 is 0 Å². The Kier molecular flexibility index (Phi) is 5.24. The van der Waals surface area contributed by atoms with Gasteiger partial charge in [-0.2, -0.15) is 4.98 Å². The fourth-order valence-corrected chi connectivity index (χ4v) is 2.29. The van der Waals surface area contributed by atoms with E-state index in [1.807, 2.05) is 48.5 Å². The van der Waals surface area contributed by atoms with Gasteiger partial charge in [-0.3, -0.25) is 0 Å². The van der Waals surface area contributed by atoms with Crippen LogP contribution < -0.4 is 15.4 Å². The molecule has 0 amide bonds. The zero-order chi connectivity index (χ0) is 16.6. The second-order valence-corrected chi connectivity index (χ2v) is 5.28. The Labute approximate surface area is 141 Å². The van der Waals surface area contributed by atoms with E-state index in [1.165, 1.54) is 5.56 Å². The molecule has 5 heteroatoms. The molecule has 0 aliphatic heterocycles. The fraction of sp³-hybridized carbons (Fsp3) is 0.158. The lowest BCUT2D eigenvalue weighted by molar-refractivity contribution is 0.414. The number of aromatic nitrogens is 2. The van der Waals surface area contributed by atoms with Crippen LogP contribution in [0.4, 0.5) is 17.5 Å². The summed E-state index contributed by atoms with van der Waals surface area (Å²) in [6.07, 6.45) is 2.64. The molecular formula is C19H20N4O. The molecule has 0 fully saturated rings. The first-order valence-electron chi connectivity index (χ1n) is 7.85. The van der Waals surface area contributed by atoms with Crippen LogP contribution in [-0.4, -0.2) is 23.6 Å². The quantitative estimate of drug-likeness (QED) is 0.692. The van der Waals surface area contributed by atoms with Crippen LogP contribution in [0.2, 0.25) is 0 Å². The van der Waals surface area contributed by atoms with Gasteiger partial charge < -0.3 is 15.4 Å². The molecule has 2 N–H and O–H groups in total. The SMILES string of the molecule is COc1ccc(CCNc2nccc(Nc3ccccc3)n2)cc1. The van der Waals surface area contributed by atoms with Crippen molar-refractivity contribution in [2.45, 2.75) is 6.42 Å². The Hall–Kier alpha value is -3.08. The molecule has 1 heterocycles. The first-order chi connectivity index (χ1) is 11.8. The second-order valence-electron chi connectivity index (χ2n) is 5.28. The van der Waals surface area contributed by atoms with E-state index >= 15 is 0 Å². The molecule has 0 radical (unpaired) electrons. The van der Waals surface area contributed by atoms with Gasteiger partial charge in [0.25, 0.3) is 0 Å². The normalized spacial score (nSPS) is 10.2. The van der Waals surface area contributed by atoms with Gasteiger partial charge in [-0.05, 0) is 42.3 Å². The number of ether oxygens (including phenoxy) is 1. The predicted octanol–water partition coefficient (Wildman–Crippen LogP) is 3.88. The minimum absolute atomic E-state index is 0.615. The van der Waals surface area contributed by atoms with Crippen molar-refractivity contribution in [1.29, 1.82) is 0 Å². The molecule has 2 aromatic carbocycles. The van der Waals surface area contributed by atoms with E-state index in [0.29, 0.717) is 5.95 Å². The molecular weight excluding hydrogens is 300 g/mol. The Morgan fingerprint density at radius 2 is 1.75 bits per heavy atom. The van der Waals surface area contributed by atoms with E-state index in [9.17, 15) is 0 Å². The maximum atomic E-state index is 5.16. The topological polar surface area (TPSA) is 59.1 Å². The Morgan fingerprint density at radius 3 is 2.50 bits per heavy atom. The van der Waals surface area contributed by atoms with Gasteiger partial charge in [0, 0.05) is 18.4 Å². The minimum atomic E-state index is 0.615. The number of benzene rings is 2. The van der Waals surface area contributed by atoms with E-state index in [-0.39, 0.29) is 0 Å². The summed E-state index contributed by atoms with van der Waals surface area (Å²) < 4.78 is 5.16. The number of methoxy groups -OCH3 is 1. The summed E-state index contributed by atoms with van der Waals surface area (Å²) in [4.78, 5) is 8.73. The molecule has 3 aromatic rings. The number of anilines is 3. The molecule has 1 aromatic heterocycles. The fourth-order valence-electron chi connectivity index (χ4n) is 2.29. The number of nitrogens with zero attached hydrogens (tertiary/aromatic N) is 2. The van der Waals surface area contributed by atoms with Gasteiger partial charge in [0.05, 0.1) is 7.11 Å². The van der Waals surface area contributed by atoms with Crippen molar-refractivity contribution in [1.82, 2.24) is 9.97 Å². The van der Waals surface area contributed by atoms with Crippen molar-refractivity contribution < 1.29 is 4.74 Å². The van der Waals surface area contributed by atoms with Gasteiger partial charge in [0.2, 0.25) is 5.95 Å². The molecule has 0 saturated heterocycles. The van der Waals surface area contributed by atoms with Crippen LogP contribution in [0.1, 0.15) is 5.56 Å². The highest BCUT2D eigenvalue weighted by atomic mass is 16.5. The maximum absolute atomic E-state index is 5.16. The average Bonchev–Trinajstić information content (AvgIpc) is 2.63. The third-order valence-corrected chi connectivity index (χ3v) is 3.56. The van der Waals surface area contributed by atoms with Crippen molar-refractivity contribution in [3.05, 3.63) is 72.4 Å². The van der Waals surface area contributed by atoms with Gasteiger partial charge in [0.1, 0.15) is 11.6 Å². The lowest BCUT2D eigenvalue weighted by Crippen LogP contribution is -2.08. The highest BCUT2D eigenvalue weighted by Crippen LogP contribution is 2.15. The monoisotopic (exact) mass is 320 g/mol. The van der Waals surface area contributed by atoms with E-state index in [0.717, 1.165) is 30.2 Å². The molecule has 24 heavy (non-hydrogen) atoms. The summed E-state index contributed by atoms with van der Waals surface area (Å²) in [6.45, 7) is 0.765. The summed E-state index contributed by atoms with van der Waals surface area (Å²) in [7, 11) is 1.67. The van der Waals surface area contributed by atoms with Crippen molar-refractivity contribution in [2.24, 2.45) is 0 Å². The smallest absolute Gasteiger partial charge is 0.224 e. The molecule has 0 unspecified atom stereocenters. The van der Waals surface area contributed by atoms with Crippen molar-refractivity contribution in [3.63, 3.8) is 0 Å². The zero-order valence-electron chi connectivity index (χ0n) is 13.6. The molecule has 5 nitrogen and oxygen atoms in total. The maximum Gasteiger partial charge on any atom is 0.224 e. The lowest BCUT2D eigenvalue weighted by atomic mass is 10.1. The molecule has 3 rings (SSSR count). The Bertz CT molecular complexity index is 760. The summed E-state index contributed by atoms with van der Waals surface area (Å²) >= 11 is 0. The predicted molar refractivity (Wildman–Crippen MR) is 96.9 cm³/mol. The van der Waals surface area contributed by atoms with Crippen LogP contribution >= 0.6 is 0 Å². The molecule has 0 saturated carbocycles. The zero-order valence-corrected chi connectivity index (χ0v) is 13.6. The van der Waals surface area contributed by atoms with Crippen LogP contribution in [0.15, 0.2) is 66.9 Å². The number of hydrogen-bond acceptors (Lipinski definition) is 5. The van der Waals surface area contributed by atoms with Gasteiger partial charge in [-0.15, -0.1) is 0 Å². The van der Waals surface area contributed by atoms with E-state index in [4.69, 9.17) is 4.74 Å². The molecule has 122 valence electrons. The van der Waals surface area contributed by atoms with Crippen LogP contribution in [0.5, 0.6) is 5.75 Å². The first-order valence-corrected chi connectivity index (χ1v) is 7.85. The van der Waals surface area contributed by atoms with Crippen LogP contribution in [0.25, 0.3) is 0 Å². The third kappa shape index (κ3) is 4.46. The van der Waals surface area contributed by atoms with Crippen LogP contribution in [0.3, 0.4) is 0 Å². The summed E-state index contributed by atoms with van der Waals surface area (Å²) in [5, 5.41) is 6.51. The van der Waals surface area contributed by atoms with Crippen LogP contribution in [0, 0.1) is 0 Å². The molecule has 0 aliphatic carbocycles. The van der Waals surface area contributed by atoms with Gasteiger partial charge in [-0.1, -0.05) is 30.3 Å². The van der Waals surface area contributed by atoms with E-state index in [1.54, 1.807) is 13.3 Å². The standard InChI is InChI=1S/C19H20N4O/c1-24-17-9-7-15(8-10-17)11-13-20-19-21-14-12-18(23-19)22-16-5-3-2-4-6-16/h2-10,12,14H,11,13H2,1H3,(H2,20,21,22,23). The van der Waals surface area contributed by atoms with Crippen molar-refractivity contribution in [2.75, 3.05) is 24.3 Å². The minimum Gasteiger partial charge on any atom is -0.497 e. The first kappa shape index (κ1) is 15.8. The Balaban J connectivity index is 1.54. The molecule has 0 bridgehead atoms. The summed E-state index contributed by atoms with van der Waals surface area (Å²) in [6, 6.07) is 19.9. The second kappa shape index (κ2) is 7.97. The van der Waals surface area contributed by atoms with Crippen molar-refractivity contribution >= 4 is 17.5 Å².